The Morgan fingerprint density at radius 1 is 1.25 bits per heavy atom. The summed E-state index contributed by atoms with van der Waals surface area (Å²) in [5.41, 5.74) is 0.889. The molecule has 1 aromatic heterocycles. The van der Waals surface area contributed by atoms with Crippen LogP contribution in [0.3, 0.4) is 0 Å². The summed E-state index contributed by atoms with van der Waals surface area (Å²) in [6, 6.07) is 10.0. The summed E-state index contributed by atoms with van der Waals surface area (Å²) in [6.07, 6.45) is 3.35. The molecule has 0 radical (unpaired) electrons. The van der Waals surface area contributed by atoms with Crippen molar-refractivity contribution in [2.24, 2.45) is 0 Å². The maximum absolute atomic E-state index is 12.0. The van der Waals surface area contributed by atoms with Crippen molar-refractivity contribution in [1.29, 1.82) is 0 Å². The molecule has 1 atom stereocenters. The number of likely N-dealkylation sites (tertiary alicyclic amines) is 1. The fourth-order valence-corrected chi connectivity index (χ4v) is 2.93. The monoisotopic (exact) mass is 328 g/mol. The molecule has 1 aliphatic rings. The quantitative estimate of drug-likeness (QED) is 0.844. The predicted octanol–water partition coefficient (Wildman–Crippen LogP) is 2.27. The number of aryl methyl sites for hydroxylation is 1. The van der Waals surface area contributed by atoms with Crippen LogP contribution in [0.15, 0.2) is 34.7 Å². The van der Waals surface area contributed by atoms with Crippen LogP contribution in [-0.2, 0) is 11.2 Å². The lowest BCUT2D eigenvalue weighted by atomic mass is 10.2. The van der Waals surface area contributed by atoms with Crippen molar-refractivity contribution in [3.8, 4) is 11.5 Å². The Morgan fingerprint density at radius 2 is 2.00 bits per heavy atom. The van der Waals surface area contributed by atoms with Gasteiger partial charge >= 0.3 is 0 Å². The zero-order valence-electron chi connectivity index (χ0n) is 14.1. The van der Waals surface area contributed by atoms with E-state index in [1.165, 1.54) is 12.8 Å². The van der Waals surface area contributed by atoms with E-state index >= 15 is 0 Å². The molecule has 1 aromatic carbocycles. The van der Waals surface area contributed by atoms with E-state index in [1.54, 1.807) is 0 Å². The third kappa shape index (κ3) is 4.41. The van der Waals surface area contributed by atoms with Crippen LogP contribution in [0.1, 0.15) is 32.1 Å². The molecule has 0 saturated carbocycles. The van der Waals surface area contributed by atoms with Crippen molar-refractivity contribution in [2.75, 3.05) is 19.6 Å². The molecule has 128 valence electrons. The summed E-state index contributed by atoms with van der Waals surface area (Å²) >= 11 is 0. The lowest BCUT2D eigenvalue weighted by Crippen LogP contribution is -2.40. The molecule has 2 aromatic rings. The number of hydrogen-bond donors (Lipinski definition) is 1. The Kier molecular flexibility index (Phi) is 5.59. The molecule has 2 heterocycles. The van der Waals surface area contributed by atoms with Gasteiger partial charge in [-0.3, -0.25) is 9.69 Å². The number of carbonyl (C=O) groups excluding carboxylic acids is 1. The first-order valence-corrected chi connectivity index (χ1v) is 8.61. The molecule has 24 heavy (non-hydrogen) atoms. The Hall–Kier alpha value is -2.21. The minimum atomic E-state index is 0.0282. The maximum Gasteiger partial charge on any atom is 0.247 e. The summed E-state index contributed by atoms with van der Waals surface area (Å²) in [4.78, 5) is 14.4. The number of amides is 1. The molecular weight excluding hydrogens is 304 g/mol. The number of nitrogens with zero attached hydrogens (tertiary/aromatic N) is 3. The Labute approximate surface area is 142 Å². The highest BCUT2D eigenvalue weighted by atomic mass is 16.4. The van der Waals surface area contributed by atoms with Crippen molar-refractivity contribution in [1.82, 2.24) is 20.4 Å². The van der Waals surface area contributed by atoms with Gasteiger partial charge in [-0.2, -0.15) is 0 Å². The fraction of sp³-hybridized carbons (Fsp3) is 0.500. The third-order valence-electron chi connectivity index (χ3n) is 4.41. The minimum absolute atomic E-state index is 0.0282. The van der Waals surface area contributed by atoms with Crippen LogP contribution >= 0.6 is 0 Å². The highest BCUT2D eigenvalue weighted by molar-refractivity contribution is 5.76. The second-order valence-corrected chi connectivity index (χ2v) is 6.26. The van der Waals surface area contributed by atoms with Crippen LogP contribution in [0.5, 0.6) is 0 Å². The van der Waals surface area contributed by atoms with Gasteiger partial charge in [-0.05, 0) is 45.0 Å². The number of nitrogens with one attached hydrogen (secondary N) is 1. The number of hydrogen-bond acceptors (Lipinski definition) is 5. The van der Waals surface area contributed by atoms with Gasteiger partial charge in [-0.25, -0.2) is 0 Å². The van der Waals surface area contributed by atoms with Gasteiger partial charge in [0, 0.05) is 31.0 Å². The maximum atomic E-state index is 12.0. The van der Waals surface area contributed by atoms with E-state index in [4.69, 9.17) is 4.42 Å². The molecule has 1 N–H and O–H groups in total. The second kappa shape index (κ2) is 8.06. The van der Waals surface area contributed by atoms with Crippen molar-refractivity contribution < 1.29 is 9.21 Å². The highest BCUT2D eigenvalue weighted by Gasteiger charge is 2.18. The first-order valence-electron chi connectivity index (χ1n) is 8.61. The molecule has 1 fully saturated rings. The predicted molar refractivity (Wildman–Crippen MR) is 91.3 cm³/mol. The van der Waals surface area contributed by atoms with E-state index in [0.717, 1.165) is 18.7 Å². The van der Waals surface area contributed by atoms with Gasteiger partial charge in [-0.15, -0.1) is 10.2 Å². The minimum Gasteiger partial charge on any atom is -0.421 e. The van der Waals surface area contributed by atoms with Crippen LogP contribution in [-0.4, -0.2) is 46.7 Å². The normalized spacial score (nSPS) is 16.2. The molecule has 1 saturated heterocycles. The van der Waals surface area contributed by atoms with Crippen molar-refractivity contribution in [3.05, 3.63) is 36.2 Å². The van der Waals surface area contributed by atoms with Gasteiger partial charge in [0.25, 0.3) is 0 Å². The van der Waals surface area contributed by atoms with Gasteiger partial charge in [0.1, 0.15) is 0 Å². The topological polar surface area (TPSA) is 71.3 Å². The SMILES string of the molecule is C[C@H](CNC(=O)CCc1nnc(-c2ccccc2)o1)N1CCCC1. The molecule has 0 unspecified atom stereocenters. The summed E-state index contributed by atoms with van der Waals surface area (Å²) in [7, 11) is 0. The number of aromatic nitrogens is 2. The zero-order valence-corrected chi connectivity index (χ0v) is 14.1. The number of benzene rings is 1. The molecule has 0 spiro atoms. The highest BCUT2D eigenvalue weighted by Crippen LogP contribution is 2.17. The molecule has 0 aliphatic carbocycles. The van der Waals surface area contributed by atoms with Crippen molar-refractivity contribution >= 4 is 5.91 Å². The van der Waals surface area contributed by atoms with Crippen LogP contribution in [0, 0.1) is 0 Å². The summed E-state index contributed by atoms with van der Waals surface area (Å²) in [5.74, 6) is 1.02. The average Bonchev–Trinajstić information content (AvgIpc) is 3.30. The lowest BCUT2D eigenvalue weighted by Gasteiger charge is -2.23. The van der Waals surface area contributed by atoms with Gasteiger partial charge in [0.2, 0.25) is 17.7 Å². The van der Waals surface area contributed by atoms with Crippen molar-refractivity contribution in [3.63, 3.8) is 0 Å². The third-order valence-corrected chi connectivity index (χ3v) is 4.41. The van der Waals surface area contributed by atoms with Crippen LogP contribution in [0.4, 0.5) is 0 Å². The van der Waals surface area contributed by atoms with E-state index in [1.807, 2.05) is 30.3 Å². The van der Waals surface area contributed by atoms with Crippen LogP contribution < -0.4 is 5.32 Å². The van der Waals surface area contributed by atoms with Gasteiger partial charge in [0.05, 0.1) is 0 Å². The second-order valence-electron chi connectivity index (χ2n) is 6.26. The molecule has 3 rings (SSSR count). The molecule has 6 nitrogen and oxygen atoms in total. The van der Waals surface area contributed by atoms with Crippen LogP contribution in [0.2, 0.25) is 0 Å². The standard InChI is InChI=1S/C18H24N4O2/c1-14(22-11-5-6-12-22)13-19-16(23)9-10-17-20-21-18(24-17)15-7-3-2-4-8-15/h2-4,7-8,14H,5-6,9-13H2,1H3,(H,19,23)/t14-/m1/s1. The molecule has 6 heteroatoms. The summed E-state index contributed by atoms with van der Waals surface area (Å²) in [6.45, 7) is 5.14. The van der Waals surface area contributed by atoms with Crippen molar-refractivity contribution in [2.45, 2.75) is 38.6 Å². The van der Waals surface area contributed by atoms with Gasteiger partial charge < -0.3 is 9.73 Å². The smallest absolute Gasteiger partial charge is 0.247 e. The molecular formula is C18H24N4O2. The van der Waals surface area contributed by atoms with Crippen LogP contribution in [0.25, 0.3) is 11.5 Å². The Bertz CT molecular complexity index is 650. The summed E-state index contributed by atoms with van der Waals surface area (Å²) < 4.78 is 5.62. The number of carbonyl (C=O) groups is 1. The average molecular weight is 328 g/mol. The lowest BCUT2D eigenvalue weighted by molar-refractivity contribution is -0.121. The van der Waals surface area contributed by atoms with E-state index in [0.29, 0.717) is 37.2 Å². The van der Waals surface area contributed by atoms with Gasteiger partial charge in [-0.1, -0.05) is 18.2 Å². The van der Waals surface area contributed by atoms with E-state index < -0.39 is 0 Å². The fourth-order valence-electron chi connectivity index (χ4n) is 2.93. The Balaban J connectivity index is 1.42. The number of rotatable bonds is 7. The molecule has 1 aliphatic heterocycles. The Morgan fingerprint density at radius 3 is 2.75 bits per heavy atom. The van der Waals surface area contributed by atoms with E-state index in [9.17, 15) is 4.79 Å². The van der Waals surface area contributed by atoms with E-state index in [-0.39, 0.29) is 5.91 Å². The summed E-state index contributed by atoms with van der Waals surface area (Å²) in [5, 5.41) is 11.1. The zero-order chi connectivity index (χ0) is 16.8. The first kappa shape index (κ1) is 16.6. The first-order chi connectivity index (χ1) is 11.7. The molecule has 0 bridgehead atoms. The van der Waals surface area contributed by atoms with Gasteiger partial charge in [0.15, 0.2) is 0 Å². The largest absolute Gasteiger partial charge is 0.421 e. The molecule has 1 amide bonds. The van der Waals surface area contributed by atoms with E-state index in [2.05, 4.69) is 27.3 Å².